The van der Waals surface area contributed by atoms with Crippen LogP contribution < -0.4 is 15.4 Å². The van der Waals surface area contributed by atoms with Crippen LogP contribution in [-0.2, 0) is 15.9 Å². The maximum absolute atomic E-state index is 11.9. The molecule has 1 heterocycles. The van der Waals surface area contributed by atoms with Gasteiger partial charge in [-0.25, -0.2) is 0 Å². The van der Waals surface area contributed by atoms with E-state index >= 15 is 0 Å². The summed E-state index contributed by atoms with van der Waals surface area (Å²) in [7, 11) is -4.04. The van der Waals surface area contributed by atoms with Gasteiger partial charge in [0.15, 0.2) is 0 Å². The largest absolute Gasteiger partial charge is 0.494 e. The minimum Gasteiger partial charge on any atom is -0.494 e. The molecule has 0 radical (unpaired) electrons. The monoisotopic (exact) mass is 494 g/mol. The van der Waals surface area contributed by atoms with E-state index in [2.05, 4.69) is 36.1 Å². The Bertz CT molecular complexity index is 1230. The molecule has 0 aliphatic carbocycles. The molecule has 0 bridgehead atoms. The molecule has 184 valence electrons. The van der Waals surface area contributed by atoms with Crippen LogP contribution in [0.5, 0.6) is 5.75 Å². The summed E-state index contributed by atoms with van der Waals surface area (Å²) in [6, 6.07) is 24.5. The van der Waals surface area contributed by atoms with Gasteiger partial charge in [0.1, 0.15) is 5.75 Å². The Hall–Kier alpha value is -3.12. The third-order valence-electron chi connectivity index (χ3n) is 6.51. The lowest BCUT2D eigenvalue weighted by atomic mass is 9.92. The van der Waals surface area contributed by atoms with Crippen LogP contribution in [0.1, 0.15) is 36.8 Å². The van der Waals surface area contributed by atoms with E-state index in [0.29, 0.717) is 12.3 Å². The van der Waals surface area contributed by atoms with E-state index in [1.54, 1.807) is 0 Å². The Morgan fingerprint density at radius 1 is 1.06 bits per heavy atom. The molecule has 1 aliphatic rings. The molecule has 7 nitrogen and oxygen atoms in total. The van der Waals surface area contributed by atoms with Gasteiger partial charge in [0, 0.05) is 30.6 Å². The number of ether oxygens (including phenoxy) is 1. The molecule has 0 fully saturated rings. The minimum atomic E-state index is -4.04. The summed E-state index contributed by atoms with van der Waals surface area (Å²) < 4.78 is 16.8. The molecule has 35 heavy (non-hydrogen) atoms. The standard InChI is InChI=1S/C27H31N2O5P/c1-19-24(17-27(28)30)25-16-22(34-14-7-15-35(31,32)33)12-13-26(25)29(19)18-21-10-5-6-11-23(21)20-8-3-2-4-9-20/h2-6,8-13,16,19,24H,7,14-15,17-18H2,1H3,(H2,28,30)(H2,31,32,33). The fraction of sp³-hybridized carbons (Fsp3) is 0.296. The molecule has 8 heteroatoms. The van der Waals surface area contributed by atoms with E-state index < -0.39 is 7.60 Å². The number of hydrogen-bond donors (Lipinski definition) is 3. The first-order valence-electron chi connectivity index (χ1n) is 11.7. The van der Waals surface area contributed by atoms with E-state index in [1.165, 1.54) is 11.1 Å². The highest BCUT2D eigenvalue weighted by atomic mass is 31.2. The molecular weight excluding hydrogens is 463 g/mol. The Morgan fingerprint density at radius 3 is 2.49 bits per heavy atom. The fourth-order valence-electron chi connectivity index (χ4n) is 4.81. The molecule has 0 spiro atoms. The number of fused-ring (bicyclic) bond motifs is 1. The maximum atomic E-state index is 11.9. The van der Waals surface area contributed by atoms with Crippen molar-refractivity contribution in [1.82, 2.24) is 0 Å². The molecule has 2 atom stereocenters. The highest BCUT2D eigenvalue weighted by Crippen LogP contribution is 2.45. The number of nitrogens with zero attached hydrogens (tertiary/aromatic N) is 1. The lowest BCUT2D eigenvalue weighted by molar-refractivity contribution is -0.118. The number of anilines is 1. The number of rotatable bonds is 10. The van der Waals surface area contributed by atoms with E-state index in [-0.39, 0.29) is 43.5 Å². The first-order valence-corrected chi connectivity index (χ1v) is 13.5. The van der Waals surface area contributed by atoms with Crippen LogP contribution in [0.25, 0.3) is 11.1 Å². The SMILES string of the molecule is CC1C(CC(N)=O)c2cc(OCCCP(=O)(O)O)ccc2N1Cc1ccccc1-c1ccccc1. The normalized spacial score (nSPS) is 17.3. The quantitative estimate of drug-likeness (QED) is 0.279. The van der Waals surface area contributed by atoms with E-state index in [4.69, 9.17) is 20.3 Å². The van der Waals surface area contributed by atoms with Crippen molar-refractivity contribution in [2.24, 2.45) is 5.73 Å². The molecule has 0 aromatic heterocycles. The van der Waals surface area contributed by atoms with Gasteiger partial charge in [-0.05, 0) is 53.8 Å². The number of nitrogens with two attached hydrogens (primary N) is 1. The number of carbonyl (C=O) groups is 1. The van der Waals surface area contributed by atoms with E-state index in [1.807, 2.05) is 48.5 Å². The molecule has 1 amide bonds. The van der Waals surface area contributed by atoms with Crippen LogP contribution in [0, 0.1) is 0 Å². The summed E-state index contributed by atoms with van der Waals surface area (Å²) in [5, 5.41) is 0. The molecule has 0 saturated carbocycles. The predicted molar refractivity (Wildman–Crippen MR) is 138 cm³/mol. The lowest BCUT2D eigenvalue weighted by Crippen LogP contribution is -2.32. The summed E-state index contributed by atoms with van der Waals surface area (Å²) in [6.45, 7) is 2.99. The van der Waals surface area contributed by atoms with Crippen molar-refractivity contribution < 1.29 is 23.9 Å². The highest BCUT2D eigenvalue weighted by Gasteiger charge is 2.37. The number of carbonyl (C=O) groups excluding carboxylic acids is 1. The average molecular weight is 495 g/mol. The molecular formula is C27H31N2O5P. The topological polar surface area (TPSA) is 113 Å². The summed E-state index contributed by atoms with van der Waals surface area (Å²) in [5.41, 5.74) is 11.2. The van der Waals surface area contributed by atoms with Crippen molar-refractivity contribution in [3.63, 3.8) is 0 Å². The number of benzene rings is 3. The molecule has 4 N–H and O–H groups in total. The summed E-state index contributed by atoms with van der Waals surface area (Å²) in [5.74, 6) is 0.181. The summed E-state index contributed by atoms with van der Waals surface area (Å²) >= 11 is 0. The van der Waals surface area contributed by atoms with Gasteiger partial charge in [0.25, 0.3) is 0 Å². The fourth-order valence-corrected chi connectivity index (χ4v) is 5.35. The van der Waals surface area contributed by atoms with Crippen molar-refractivity contribution in [3.05, 3.63) is 83.9 Å². The van der Waals surface area contributed by atoms with E-state index in [0.717, 1.165) is 16.8 Å². The maximum Gasteiger partial charge on any atom is 0.325 e. The lowest BCUT2D eigenvalue weighted by Gasteiger charge is -2.28. The Balaban J connectivity index is 1.60. The Labute approximate surface area is 205 Å². The van der Waals surface area contributed by atoms with Gasteiger partial charge in [0.05, 0.1) is 12.8 Å². The van der Waals surface area contributed by atoms with Gasteiger partial charge in [-0.2, -0.15) is 0 Å². The zero-order chi connectivity index (χ0) is 25.0. The van der Waals surface area contributed by atoms with Crippen LogP contribution in [0.15, 0.2) is 72.8 Å². The minimum absolute atomic E-state index is 0.0474. The smallest absolute Gasteiger partial charge is 0.325 e. The second kappa shape index (κ2) is 10.6. The molecule has 1 aliphatic heterocycles. The molecule has 0 saturated heterocycles. The second-order valence-corrected chi connectivity index (χ2v) is 10.8. The van der Waals surface area contributed by atoms with Gasteiger partial charge < -0.3 is 25.2 Å². The van der Waals surface area contributed by atoms with Gasteiger partial charge in [-0.1, -0.05) is 54.6 Å². The van der Waals surface area contributed by atoms with Crippen LogP contribution in [0.3, 0.4) is 0 Å². The average Bonchev–Trinajstić information content (AvgIpc) is 3.07. The third kappa shape index (κ3) is 6.12. The van der Waals surface area contributed by atoms with Crippen molar-refractivity contribution in [1.29, 1.82) is 0 Å². The molecule has 2 unspecified atom stereocenters. The van der Waals surface area contributed by atoms with Crippen LogP contribution in [0.2, 0.25) is 0 Å². The third-order valence-corrected chi connectivity index (χ3v) is 7.41. The summed E-state index contributed by atoms with van der Waals surface area (Å²) in [4.78, 5) is 32.3. The zero-order valence-electron chi connectivity index (χ0n) is 19.7. The number of hydrogen-bond acceptors (Lipinski definition) is 4. The highest BCUT2D eigenvalue weighted by molar-refractivity contribution is 7.51. The Kier molecular flexibility index (Phi) is 7.60. The van der Waals surface area contributed by atoms with Crippen molar-refractivity contribution in [2.75, 3.05) is 17.7 Å². The van der Waals surface area contributed by atoms with Gasteiger partial charge in [-0.3, -0.25) is 9.36 Å². The van der Waals surface area contributed by atoms with Gasteiger partial charge in [0.2, 0.25) is 5.91 Å². The predicted octanol–water partition coefficient (Wildman–Crippen LogP) is 4.67. The van der Waals surface area contributed by atoms with Crippen molar-refractivity contribution >= 4 is 19.2 Å². The second-order valence-electron chi connectivity index (χ2n) is 8.98. The molecule has 3 aromatic rings. The van der Waals surface area contributed by atoms with Gasteiger partial charge >= 0.3 is 7.60 Å². The molecule has 3 aromatic carbocycles. The Morgan fingerprint density at radius 2 is 1.77 bits per heavy atom. The van der Waals surface area contributed by atoms with Crippen molar-refractivity contribution in [2.45, 2.75) is 38.3 Å². The van der Waals surface area contributed by atoms with Crippen LogP contribution in [0.4, 0.5) is 5.69 Å². The van der Waals surface area contributed by atoms with Crippen molar-refractivity contribution in [3.8, 4) is 16.9 Å². The number of primary amides is 1. The van der Waals surface area contributed by atoms with E-state index in [9.17, 15) is 9.36 Å². The summed E-state index contributed by atoms with van der Waals surface area (Å²) in [6.07, 6.45) is 0.269. The molecule has 4 rings (SSSR count). The van der Waals surface area contributed by atoms with Gasteiger partial charge in [-0.15, -0.1) is 0 Å². The first-order chi connectivity index (χ1) is 16.7. The van der Waals surface area contributed by atoms with Crippen LogP contribution in [-0.4, -0.2) is 34.5 Å². The van der Waals surface area contributed by atoms with Crippen LogP contribution >= 0.6 is 7.60 Å². The first kappa shape index (κ1) is 25.0. The zero-order valence-corrected chi connectivity index (χ0v) is 20.6. The number of amides is 1.